The van der Waals surface area contributed by atoms with Gasteiger partial charge in [0.05, 0.1) is 11.7 Å². The van der Waals surface area contributed by atoms with Crippen molar-refractivity contribution in [2.45, 2.75) is 83.6 Å². The van der Waals surface area contributed by atoms with Crippen molar-refractivity contribution >= 4 is 0 Å². The summed E-state index contributed by atoms with van der Waals surface area (Å²) in [7, 11) is 0. The maximum atomic E-state index is 4.93. The van der Waals surface area contributed by atoms with Crippen molar-refractivity contribution in [1.29, 1.82) is 0 Å². The molecule has 5 nitrogen and oxygen atoms in total. The number of H-pyrrole nitrogens is 1. The molecule has 2 aliphatic carbocycles. The summed E-state index contributed by atoms with van der Waals surface area (Å²) in [5, 5.41) is 12.3. The van der Waals surface area contributed by atoms with E-state index in [0.29, 0.717) is 12.0 Å². The SMILES string of the molecule is Cc1n[nH]c(C)c1CCc1nc(C2CC2)nn1C1CCCCC1. The van der Waals surface area contributed by atoms with E-state index in [4.69, 9.17) is 10.1 Å². The van der Waals surface area contributed by atoms with Gasteiger partial charge in [0.2, 0.25) is 0 Å². The Bertz CT molecular complexity index is 654. The Morgan fingerprint density at radius 1 is 1.04 bits per heavy atom. The van der Waals surface area contributed by atoms with Crippen molar-refractivity contribution in [3.63, 3.8) is 0 Å². The van der Waals surface area contributed by atoms with Crippen LogP contribution in [0.3, 0.4) is 0 Å². The third kappa shape index (κ3) is 3.06. The number of aryl methyl sites for hydroxylation is 3. The van der Waals surface area contributed by atoms with Gasteiger partial charge in [0.25, 0.3) is 0 Å². The molecule has 2 aliphatic rings. The normalized spacial score (nSPS) is 19.4. The largest absolute Gasteiger partial charge is 0.282 e. The van der Waals surface area contributed by atoms with Gasteiger partial charge in [-0.2, -0.15) is 10.2 Å². The Kier molecular flexibility index (Phi) is 3.95. The van der Waals surface area contributed by atoms with E-state index >= 15 is 0 Å². The Morgan fingerprint density at radius 3 is 2.48 bits per heavy atom. The van der Waals surface area contributed by atoms with E-state index in [1.54, 1.807) is 0 Å². The van der Waals surface area contributed by atoms with Crippen LogP contribution in [0.4, 0.5) is 0 Å². The fourth-order valence-corrected chi connectivity index (χ4v) is 3.86. The Hall–Kier alpha value is -1.65. The van der Waals surface area contributed by atoms with Gasteiger partial charge in [-0.25, -0.2) is 9.67 Å². The van der Waals surface area contributed by atoms with Crippen molar-refractivity contribution in [2.75, 3.05) is 0 Å². The molecule has 0 spiro atoms. The second-order valence-corrected chi connectivity index (χ2v) is 7.31. The standard InChI is InChI=1S/C18H27N5/c1-12-16(13(2)21-20-12)10-11-17-19-18(14-8-9-14)22-23(17)15-6-4-3-5-7-15/h14-15H,3-11H2,1-2H3,(H,20,21). The molecule has 0 aliphatic heterocycles. The molecule has 0 radical (unpaired) electrons. The van der Waals surface area contributed by atoms with Gasteiger partial charge in [0.15, 0.2) is 5.82 Å². The summed E-state index contributed by atoms with van der Waals surface area (Å²) in [5.74, 6) is 2.93. The quantitative estimate of drug-likeness (QED) is 0.913. The molecule has 5 heteroatoms. The molecular weight excluding hydrogens is 286 g/mol. The smallest absolute Gasteiger partial charge is 0.154 e. The number of rotatable bonds is 5. The molecule has 2 fully saturated rings. The van der Waals surface area contributed by atoms with Crippen molar-refractivity contribution in [3.8, 4) is 0 Å². The lowest BCUT2D eigenvalue weighted by atomic mass is 9.95. The van der Waals surface area contributed by atoms with Gasteiger partial charge in [-0.3, -0.25) is 5.10 Å². The van der Waals surface area contributed by atoms with E-state index in [9.17, 15) is 0 Å². The monoisotopic (exact) mass is 313 g/mol. The predicted octanol–water partition coefficient (Wildman–Crippen LogP) is 3.79. The number of hydrogen-bond donors (Lipinski definition) is 1. The molecule has 4 rings (SSSR count). The third-order valence-corrected chi connectivity index (χ3v) is 5.46. The molecule has 0 atom stereocenters. The van der Waals surface area contributed by atoms with Gasteiger partial charge in [-0.15, -0.1) is 0 Å². The van der Waals surface area contributed by atoms with E-state index in [1.165, 1.54) is 62.0 Å². The van der Waals surface area contributed by atoms with Crippen LogP contribution < -0.4 is 0 Å². The van der Waals surface area contributed by atoms with E-state index in [1.807, 2.05) is 0 Å². The highest BCUT2D eigenvalue weighted by Crippen LogP contribution is 2.39. The summed E-state index contributed by atoms with van der Waals surface area (Å²) in [6, 6.07) is 0.574. The summed E-state index contributed by atoms with van der Waals surface area (Å²) < 4.78 is 2.29. The van der Waals surface area contributed by atoms with E-state index in [0.717, 1.165) is 24.4 Å². The van der Waals surface area contributed by atoms with Crippen molar-refractivity contribution < 1.29 is 0 Å². The maximum absolute atomic E-state index is 4.93. The van der Waals surface area contributed by atoms with Gasteiger partial charge in [0.1, 0.15) is 5.82 Å². The number of aromatic amines is 1. The van der Waals surface area contributed by atoms with Gasteiger partial charge in [0, 0.05) is 18.0 Å². The van der Waals surface area contributed by atoms with Gasteiger partial charge in [-0.1, -0.05) is 19.3 Å². The molecule has 2 aromatic rings. The lowest BCUT2D eigenvalue weighted by Crippen LogP contribution is -2.17. The first kappa shape index (κ1) is 14.9. The van der Waals surface area contributed by atoms with Crippen LogP contribution in [-0.2, 0) is 12.8 Å². The van der Waals surface area contributed by atoms with E-state index in [-0.39, 0.29) is 0 Å². The second kappa shape index (κ2) is 6.10. The summed E-state index contributed by atoms with van der Waals surface area (Å²) in [5.41, 5.74) is 3.65. The number of nitrogens with one attached hydrogen (secondary N) is 1. The molecule has 0 aromatic carbocycles. The minimum Gasteiger partial charge on any atom is -0.282 e. The van der Waals surface area contributed by atoms with Gasteiger partial charge < -0.3 is 0 Å². The molecular formula is C18H27N5. The zero-order chi connectivity index (χ0) is 15.8. The molecule has 0 bridgehead atoms. The summed E-state index contributed by atoms with van der Waals surface area (Å²) in [6.45, 7) is 4.19. The van der Waals surface area contributed by atoms with Crippen molar-refractivity contribution in [2.24, 2.45) is 0 Å². The minimum absolute atomic E-state index is 0.574. The topological polar surface area (TPSA) is 59.4 Å². The van der Waals surface area contributed by atoms with Crippen LogP contribution in [-0.4, -0.2) is 25.0 Å². The number of aromatic nitrogens is 5. The highest BCUT2D eigenvalue weighted by molar-refractivity contribution is 5.24. The second-order valence-electron chi connectivity index (χ2n) is 7.31. The molecule has 2 saturated carbocycles. The van der Waals surface area contributed by atoms with Gasteiger partial charge in [-0.05, 0) is 51.5 Å². The molecule has 124 valence electrons. The maximum Gasteiger partial charge on any atom is 0.154 e. The molecule has 23 heavy (non-hydrogen) atoms. The number of nitrogens with zero attached hydrogens (tertiary/aromatic N) is 4. The fraction of sp³-hybridized carbons (Fsp3) is 0.722. The molecule has 0 amide bonds. The highest BCUT2D eigenvalue weighted by atomic mass is 15.4. The van der Waals surface area contributed by atoms with Crippen LogP contribution in [0.2, 0.25) is 0 Å². The first-order valence-electron chi connectivity index (χ1n) is 9.18. The molecule has 1 N–H and O–H groups in total. The lowest BCUT2D eigenvalue weighted by molar-refractivity contribution is 0.319. The summed E-state index contributed by atoms with van der Waals surface area (Å²) in [4.78, 5) is 4.93. The number of hydrogen-bond acceptors (Lipinski definition) is 3. The average Bonchev–Trinajstić information content (AvgIpc) is 3.26. The van der Waals surface area contributed by atoms with E-state index < -0.39 is 0 Å². The molecule has 0 unspecified atom stereocenters. The van der Waals surface area contributed by atoms with Crippen LogP contribution in [0.25, 0.3) is 0 Å². The minimum atomic E-state index is 0.574. The van der Waals surface area contributed by atoms with Crippen LogP contribution in [0, 0.1) is 13.8 Å². The van der Waals surface area contributed by atoms with E-state index in [2.05, 4.69) is 28.7 Å². The summed E-state index contributed by atoms with van der Waals surface area (Å²) >= 11 is 0. The van der Waals surface area contributed by atoms with Crippen LogP contribution >= 0.6 is 0 Å². The first-order valence-corrected chi connectivity index (χ1v) is 9.18. The van der Waals surface area contributed by atoms with Crippen molar-refractivity contribution in [3.05, 3.63) is 28.6 Å². The van der Waals surface area contributed by atoms with Crippen LogP contribution in [0.15, 0.2) is 0 Å². The Labute approximate surface area is 137 Å². The van der Waals surface area contributed by atoms with Crippen molar-refractivity contribution in [1.82, 2.24) is 25.0 Å². The summed E-state index contributed by atoms with van der Waals surface area (Å²) in [6.07, 6.45) is 11.1. The average molecular weight is 313 g/mol. The Balaban J connectivity index is 1.56. The molecule has 0 saturated heterocycles. The zero-order valence-electron chi connectivity index (χ0n) is 14.3. The predicted molar refractivity (Wildman–Crippen MR) is 89.6 cm³/mol. The molecule has 2 heterocycles. The van der Waals surface area contributed by atoms with Crippen LogP contribution in [0.5, 0.6) is 0 Å². The van der Waals surface area contributed by atoms with Crippen LogP contribution in [0.1, 0.15) is 85.5 Å². The van der Waals surface area contributed by atoms with Gasteiger partial charge >= 0.3 is 0 Å². The zero-order valence-corrected chi connectivity index (χ0v) is 14.3. The third-order valence-electron chi connectivity index (χ3n) is 5.46. The fourth-order valence-electron chi connectivity index (χ4n) is 3.86. The first-order chi connectivity index (χ1) is 11.2. The molecule has 2 aromatic heterocycles. The highest BCUT2D eigenvalue weighted by Gasteiger charge is 2.30. The Morgan fingerprint density at radius 2 is 1.83 bits per heavy atom. The lowest BCUT2D eigenvalue weighted by Gasteiger charge is -2.23.